The fraction of sp³-hybridized carbons (Fsp3) is 0.636. The molecule has 27 heavy (non-hydrogen) atoms. The number of rotatable bonds is 5. The van der Waals surface area contributed by atoms with Crippen LogP contribution in [0.3, 0.4) is 0 Å². The van der Waals surface area contributed by atoms with Gasteiger partial charge in [-0.25, -0.2) is 0 Å². The predicted octanol–water partition coefficient (Wildman–Crippen LogP) is 2.76. The van der Waals surface area contributed by atoms with Crippen molar-refractivity contribution >= 4 is 17.5 Å². The molecule has 1 spiro atoms. The molecule has 1 aromatic rings. The number of para-hydroxylation sites is 1. The molecule has 1 atom stereocenters. The summed E-state index contributed by atoms with van der Waals surface area (Å²) in [6.07, 6.45) is 6.69. The van der Waals surface area contributed by atoms with Crippen LogP contribution in [0.1, 0.15) is 38.5 Å². The van der Waals surface area contributed by atoms with Gasteiger partial charge in [-0.15, -0.1) is 0 Å². The quantitative estimate of drug-likeness (QED) is 0.802. The number of likely N-dealkylation sites (tertiary alicyclic amines) is 2. The third-order valence-electron chi connectivity index (χ3n) is 6.80. The van der Waals surface area contributed by atoms with Crippen molar-refractivity contribution in [1.29, 1.82) is 0 Å². The highest BCUT2D eigenvalue weighted by Gasteiger charge is 2.49. The number of carbonyl (C=O) groups excluding carboxylic acids is 2. The van der Waals surface area contributed by atoms with Crippen molar-refractivity contribution in [3.05, 3.63) is 30.3 Å². The smallest absolute Gasteiger partial charge is 0.242 e. The second-order valence-electron chi connectivity index (χ2n) is 8.69. The Balaban J connectivity index is 1.36. The number of carbonyl (C=O) groups is 2. The molecule has 0 radical (unpaired) electrons. The lowest BCUT2D eigenvalue weighted by molar-refractivity contribution is -0.147. The van der Waals surface area contributed by atoms with Crippen molar-refractivity contribution in [1.82, 2.24) is 9.80 Å². The van der Waals surface area contributed by atoms with Crippen molar-refractivity contribution in [3.63, 3.8) is 0 Å². The van der Waals surface area contributed by atoms with Gasteiger partial charge in [-0.2, -0.15) is 0 Å². The van der Waals surface area contributed by atoms with E-state index in [0.29, 0.717) is 31.5 Å². The molecule has 5 nitrogen and oxygen atoms in total. The number of likely N-dealkylation sites (N-methyl/N-ethyl adjacent to an activating group) is 1. The van der Waals surface area contributed by atoms with Crippen molar-refractivity contribution < 1.29 is 9.59 Å². The van der Waals surface area contributed by atoms with Crippen LogP contribution in [-0.2, 0) is 9.59 Å². The molecule has 146 valence electrons. The maximum Gasteiger partial charge on any atom is 0.242 e. The van der Waals surface area contributed by atoms with Gasteiger partial charge in [0, 0.05) is 38.9 Å². The number of piperidine rings is 1. The molecule has 2 saturated heterocycles. The van der Waals surface area contributed by atoms with Crippen molar-refractivity contribution in [2.45, 2.75) is 38.5 Å². The molecule has 2 heterocycles. The maximum atomic E-state index is 13.2. The van der Waals surface area contributed by atoms with Gasteiger partial charge in [0.2, 0.25) is 11.8 Å². The molecular formula is C22H31N3O2. The zero-order chi connectivity index (χ0) is 18.9. The summed E-state index contributed by atoms with van der Waals surface area (Å²) < 4.78 is 0. The van der Waals surface area contributed by atoms with Gasteiger partial charge in [0.1, 0.15) is 0 Å². The van der Waals surface area contributed by atoms with Crippen LogP contribution in [0, 0.1) is 11.3 Å². The van der Waals surface area contributed by atoms with Gasteiger partial charge in [0.25, 0.3) is 0 Å². The summed E-state index contributed by atoms with van der Waals surface area (Å²) >= 11 is 0. The zero-order valence-electron chi connectivity index (χ0n) is 16.4. The van der Waals surface area contributed by atoms with Crippen LogP contribution in [-0.4, -0.2) is 61.4 Å². The van der Waals surface area contributed by atoms with E-state index in [2.05, 4.69) is 4.90 Å². The second kappa shape index (κ2) is 7.53. The predicted molar refractivity (Wildman–Crippen MR) is 106 cm³/mol. The van der Waals surface area contributed by atoms with E-state index in [1.54, 1.807) is 0 Å². The van der Waals surface area contributed by atoms with Gasteiger partial charge >= 0.3 is 0 Å². The van der Waals surface area contributed by atoms with Crippen LogP contribution < -0.4 is 4.90 Å². The van der Waals surface area contributed by atoms with Crippen LogP contribution in [0.25, 0.3) is 0 Å². The lowest BCUT2D eigenvalue weighted by Crippen LogP contribution is -2.52. The Labute approximate surface area is 162 Å². The summed E-state index contributed by atoms with van der Waals surface area (Å²) in [4.78, 5) is 32.1. The van der Waals surface area contributed by atoms with E-state index < -0.39 is 0 Å². The Morgan fingerprint density at radius 1 is 1.15 bits per heavy atom. The molecule has 2 amide bonds. The van der Waals surface area contributed by atoms with E-state index in [9.17, 15) is 9.59 Å². The van der Waals surface area contributed by atoms with Crippen LogP contribution in [0.5, 0.6) is 0 Å². The van der Waals surface area contributed by atoms with Crippen molar-refractivity contribution in [3.8, 4) is 0 Å². The Morgan fingerprint density at radius 2 is 1.93 bits per heavy atom. The molecule has 0 aromatic heterocycles. The Bertz CT molecular complexity index is 688. The third-order valence-corrected chi connectivity index (χ3v) is 6.80. The Kier molecular flexibility index (Phi) is 5.11. The number of benzene rings is 1. The molecule has 0 bridgehead atoms. The van der Waals surface area contributed by atoms with Gasteiger partial charge < -0.3 is 14.7 Å². The minimum Gasteiger partial charge on any atom is -0.365 e. The van der Waals surface area contributed by atoms with Crippen LogP contribution >= 0.6 is 0 Å². The van der Waals surface area contributed by atoms with E-state index in [4.69, 9.17) is 0 Å². The number of hydrogen-bond donors (Lipinski definition) is 0. The summed E-state index contributed by atoms with van der Waals surface area (Å²) in [5.74, 6) is 1.15. The summed E-state index contributed by atoms with van der Waals surface area (Å²) in [7, 11) is 1.95. The summed E-state index contributed by atoms with van der Waals surface area (Å²) in [5, 5.41) is 0. The first-order chi connectivity index (χ1) is 13.1. The second-order valence-corrected chi connectivity index (χ2v) is 8.69. The van der Waals surface area contributed by atoms with Gasteiger partial charge in [-0.3, -0.25) is 9.59 Å². The summed E-state index contributed by atoms with van der Waals surface area (Å²) in [5.41, 5.74) is 0.725. The van der Waals surface area contributed by atoms with Crippen molar-refractivity contribution in [2.24, 2.45) is 11.3 Å². The van der Waals surface area contributed by atoms with E-state index in [0.717, 1.165) is 38.0 Å². The van der Waals surface area contributed by atoms with Crippen LogP contribution in [0.2, 0.25) is 0 Å². The molecule has 3 aliphatic rings. The summed E-state index contributed by atoms with van der Waals surface area (Å²) in [6, 6.07) is 9.98. The molecule has 1 aromatic carbocycles. The zero-order valence-corrected chi connectivity index (χ0v) is 16.4. The van der Waals surface area contributed by atoms with Crippen molar-refractivity contribution in [2.75, 3.05) is 44.7 Å². The fourth-order valence-electron chi connectivity index (χ4n) is 4.85. The molecular weight excluding hydrogens is 338 g/mol. The molecule has 0 N–H and O–H groups in total. The van der Waals surface area contributed by atoms with E-state index in [1.165, 1.54) is 19.3 Å². The van der Waals surface area contributed by atoms with Gasteiger partial charge in [0.15, 0.2) is 0 Å². The minimum atomic E-state index is -0.316. The first-order valence-corrected chi connectivity index (χ1v) is 10.4. The molecule has 1 saturated carbocycles. The monoisotopic (exact) mass is 369 g/mol. The highest BCUT2D eigenvalue weighted by molar-refractivity contribution is 5.87. The molecule has 1 aliphatic carbocycles. The largest absolute Gasteiger partial charge is 0.365 e. The number of nitrogens with zero attached hydrogens (tertiary/aromatic N) is 3. The average molecular weight is 370 g/mol. The van der Waals surface area contributed by atoms with Gasteiger partial charge in [-0.05, 0) is 50.2 Å². The van der Waals surface area contributed by atoms with E-state index >= 15 is 0 Å². The molecule has 5 heteroatoms. The van der Waals surface area contributed by atoms with Crippen LogP contribution in [0.15, 0.2) is 30.3 Å². The first kappa shape index (κ1) is 18.3. The molecule has 2 aliphatic heterocycles. The number of hydrogen-bond acceptors (Lipinski definition) is 3. The normalized spacial score (nSPS) is 25.7. The Morgan fingerprint density at radius 3 is 2.63 bits per heavy atom. The molecule has 4 rings (SSSR count). The third kappa shape index (κ3) is 3.69. The van der Waals surface area contributed by atoms with E-state index in [-0.39, 0.29) is 11.3 Å². The Hall–Kier alpha value is -2.04. The van der Waals surface area contributed by atoms with Gasteiger partial charge in [-0.1, -0.05) is 24.6 Å². The van der Waals surface area contributed by atoms with Crippen LogP contribution in [0.4, 0.5) is 5.69 Å². The lowest BCUT2D eigenvalue weighted by atomic mass is 9.77. The molecule has 3 fully saturated rings. The highest BCUT2D eigenvalue weighted by Crippen LogP contribution is 2.41. The fourth-order valence-corrected chi connectivity index (χ4v) is 4.85. The average Bonchev–Trinajstić information content (AvgIpc) is 3.07. The lowest BCUT2D eigenvalue weighted by Gasteiger charge is -2.42. The van der Waals surface area contributed by atoms with E-state index in [1.807, 2.05) is 47.2 Å². The topological polar surface area (TPSA) is 43.9 Å². The molecule has 0 unspecified atom stereocenters. The SMILES string of the molecule is CN(CC(=O)N1CC[C@@]2(CCCN(CC3CCC3)C2=O)C1)c1ccccc1. The highest BCUT2D eigenvalue weighted by atomic mass is 16.2. The number of anilines is 1. The maximum absolute atomic E-state index is 13.2. The summed E-state index contributed by atoms with van der Waals surface area (Å²) in [6.45, 7) is 3.52. The standard InChI is InChI=1S/C22H31N3O2/c1-23(19-9-3-2-4-10-19)16-20(26)25-14-12-22(17-25)11-6-13-24(21(22)27)15-18-7-5-8-18/h2-4,9-10,18H,5-8,11-17H2,1H3/t22-/m0/s1. The van der Waals surface area contributed by atoms with Gasteiger partial charge in [0.05, 0.1) is 12.0 Å². The minimum absolute atomic E-state index is 0.127. The first-order valence-electron chi connectivity index (χ1n) is 10.4. The number of amides is 2.